The van der Waals surface area contributed by atoms with Gasteiger partial charge in [-0.15, -0.1) is 0 Å². The molecule has 1 aliphatic rings. The maximum absolute atomic E-state index is 13.0. The van der Waals surface area contributed by atoms with E-state index < -0.39 is 11.6 Å². The second kappa shape index (κ2) is 6.96. The molecule has 2 nitrogen and oxygen atoms in total. The Morgan fingerprint density at radius 2 is 1.95 bits per heavy atom. The van der Waals surface area contributed by atoms with E-state index in [1.54, 1.807) is 6.07 Å². The summed E-state index contributed by atoms with van der Waals surface area (Å²) in [4.78, 5) is 0. The average molecular weight is 269 g/mol. The second-order valence-electron chi connectivity index (χ2n) is 5.42. The maximum atomic E-state index is 13.0. The summed E-state index contributed by atoms with van der Waals surface area (Å²) in [6.07, 6.45) is 5.48. The van der Waals surface area contributed by atoms with Gasteiger partial charge >= 0.3 is 0 Å². The minimum absolute atomic E-state index is 0.353. The SMILES string of the molecule is OC(CNCc1ccc(F)c(F)c1)CC1CCCC1. The van der Waals surface area contributed by atoms with E-state index in [0.29, 0.717) is 24.6 Å². The Hall–Kier alpha value is -1.00. The van der Waals surface area contributed by atoms with Crippen LogP contribution in [0.4, 0.5) is 8.78 Å². The third-order valence-electron chi connectivity index (χ3n) is 3.77. The number of aliphatic hydroxyl groups is 1. The van der Waals surface area contributed by atoms with Crippen LogP contribution in [0.25, 0.3) is 0 Å². The molecule has 2 rings (SSSR count). The predicted octanol–water partition coefficient (Wildman–Crippen LogP) is 3.00. The smallest absolute Gasteiger partial charge is 0.159 e. The van der Waals surface area contributed by atoms with Crippen molar-refractivity contribution in [2.24, 2.45) is 5.92 Å². The summed E-state index contributed by atoms with van der Waals surface area (Å²) in [6, 6.07) is 3.86. The fourth-order valence-electron chi connectivity index (χ4n) is 2.75. The van der Waals surface area contributed by atoms with Crippen molar-refractivity contribution in [1.82, 2.24) is 5.32 Å². The molecule has 0 amide bonds. The van der Waals surface area contributed by atoms with Crippen LogP contribution >= 0.6 is 0 Å². The summed E-state index contributed by atoms with van der Waals surface area (Å²) >= 11 is 0. The number of rotatable bonds is 6. The number of halogens is 2. The molecular weight excluding hydrogens is 248 g/mol. The molecule has 1 aromatic rings. The van der Waals surface area contributed by atoms with Gasteiger partial charge in [0.15, 0.2) is 11.6 Å². The molecule has 1 atom stereocenters. The first-order valence-corrected chi connectivity index (χ1v) is 6.98. The monoisotopic (exact) mass is 269 g/mol. The molecule has 0 aromatic heterocycles. The van der Waals surface area contributed by atoms with Crippen LogP contribution in [0.1, 0.15) is 37.7 Å². The molecule has 4 heteroatoms. The Bertz CT molecular complexity index is 405. The zero-order valence-electron chi connectivity index (χ0n) is 11.0. The Balaban J connectivity index is 1.68. The first-order chi connectivity index (χ1) is 9.15. The van der Waals surface area contributed by atoms with Gasteiger partial charge in [-0.25, -0.2) is 8.78 Å². The highest BCUT2D eigenvalue weighted by Gasteiger charge is 2.18. The predicted molar refractivity (Wildman–Crippen MR) is 70.6 cm³/mol. The van der Waals surface area contributed by atoms with Crippen molar-refractivity contribution in [2.75, 3.05) is 6.54 Å². The lowest BCUT2D eigenvalue weighted by atomic mass is 10.00. The fraction of sp³-hybridized carbons (Fsp3) is 0.600. The van der Waals surface area contributed by atoms with Crippen molar-refractivity contribution in [3.63, 3.8) is 0 Å². The lowest BCUT2D eigenvalue weighted by Gasteiger charge is -2.16. The topological polar surface area (TPSA) is 32.3 Å². The van der Waals surface area contributed by atoms with Gasteiger partial charge in [0.2, 0.25) is 0 Å². The zero-order chi connectivity index (χ0) is 13.7. The van der Waals surface area contributed by atoms with Crippen molar-refractivity contribution in [3.8, 4) is 0 Å². The van der Waals surface area contributed by atoms with Crippen molar-refractivity contribution in [1.29, 1.82) is 0 Å². The van der Waals surface area contributed by atoms with Crippen LogP contribution in [0, 0.1) is 17.6 Å². The normalized spacial score (nSPS) is 17.8. The highest BCUT2D eigenvalue weighted by molar-refractivity contribution is 5.17. The maximum Gasteiger partial charge on any atom is 0.159 e. The number of aliphatic hydroxyl groups excluding tert-OH is 1. The van der Waals surface area contributed by atoms with E-state index in [9.17, 15) is 13.9 Å². The molecule has 0 aliphatic heterocycles. The Kier molecular flexibility index (Phi) is 5.28. The molecule has 1 unspecified atom stereocenters. The minimum atomic E-state index is -0.829. The van der Waals surface area contributed by atoms with Crippen molar-refractivity contribution < 1.29 is 13.9 Å². The molecule has 19 heavy (non-hydrogen) atoms. The van der Waals surface area contributed by atoms with Crippen LogP contribution in [-0.4, -0.2) is 17.8 Å². The van der Waals surface area contributed by atoms with E-state index >= 15 is 0 Å². The second-order valence-corrected chi connectivity index (χ2v) is 5.42. The van der Waals surface area contributed by atoms with Gasteiger partial charge in [-0.2, -0.15) is 0 Å². The van der Waals surface area contributed by atoms with Crippen LogP contribution < -0.4 is 5.32 Å². The van der Waals surface area contributed by atoms with Gasteiger partial charge in [-0.1, -0.05) is 31.7 Å². The van der Waals surface area contributed by atoms with Crippen LogP contribution in [0.15, 0.2) is 18.2 Å². The molecule has 1 saturated carbocycles. The lowest BCUT2D eigenvalue weighted by Crippen LogP contribution is -2.28. The van der Waals surface area contributed by atoms with Gasteiger partial charge in [0.1, 0.15) is 0 Å². The minimum Gasteiger partial charge on any atom is -0.392 e. The van der Waals surface area contributed by atoms with E-state index in [4.69, 9.17) is 0 Å². The van der Waals surface area contributed by atoms with E-state index in [2.05, 4.69) is 5.32 Å². The van der Waals surface area contributed by atoms with Gasteiger partial charge in [0, 0.05) is 13.1 Å². The number of hydrogen-bond donors (Lipinski definition) is 2. The molecule has 0 radical (unpaired) electrons. The summed E-state index contributed by atoms with van der Waals surface area (Å²) in [5.74, 6) is -1.00. The van der Waals surface area contributed by atoms with Crippen molar-refractivity contribution >= 4 is 0 Å². The summed E-state index contributed by atoms with van der Waals surface area (Å²) in [6.45, 7) is 0.939. The molecule has 2 N–H and O–H groups in total. The third-order valence-corrected chi connectivity index (χ3v) is 3.77. The number of benzene rings is 1. The van der Waals surface area contributed by atoms with Crippen LogP contribution in [0.2, 0.25) is 0 Å². The molecular formula is C15H21F2NO. The molecule has 1 aliphatic carbocycles. The molecule has 0 spiro atoms. The van der Waals surface area contributed by atoms with Gasteiger partial charge < -0.3 is 10.4 Å². The summed E-state index contributed by atoms with van der Waals surface area (Å²) in [7, 11) is 0. The first-order valence-electron chi connectivity index (χ1n) is 6.98. The van der Waals surface area contributed by atoms with Crippen LogP contribution in [0.5, 0.6) is 0 Å². The molecule has 1 aromatic carbocycles. The molecule has 0 heterocycles. The fourth-order valence-corrected chi connectivity index (χ4v) is 2.75. The summed E-state index contributed by atoms with van der Waals surface area (Å²) in [5.41, 5.74) is 0.687. The number of nitrogens with one attached hydrogen (secondary N) is 1. The Morgan fingerprint density at radius 1 is 1.21 bits per heavy atom. The highest BCUT2D eigenvalue weighted by atomic mass is 19.2. The molecule has 1 fully saturated rings. The standard InChI is InChI=1S/C15H21F2NO/c16-14-6-5-12(8-15(14)17)9-18-10-13(19)7-11-3-1-2-4-11/h5-6,8,11,13,18-19H,1-4,7,9-10H2. The van der Waals surface area contributed by atoms with E-state index in [-0.39, 0.29) is 6.10 Å². The van der Waals surface area contributed by atoms with Gasteiger partial charge in [0.25, 0.3) is 0 Å². The lowest BCUT2D eigenvalue weighted by molar-refractivity contribution is 0.140. The van der Waals surface area contributed by atoms with Crippen LogP contribution in [-0.2, 0) is 6.54 Å². The van der Waals surface area contributed by atoms with E-state index in [1.807, 2.05) is 0 Å². The van der Waals surface area contributed by atoms with Crippen molar-refractivity contribution in [3.05, 3.63) is 35.4 Å². The Labute approximate surface area is 112 Å². The first kappa shape index (κ1) is 14.4. The van der Waals surface area contributed by atoms with Gasteiger partial charge in [0.05, 0.1) is 6.10 Å². The van der Waals surface area contributed by atoms with Gasteiger partial charge in [-0.3, -0.25) is 0 Å². The Morgan fingerprint density at radius 3 is 2.63 bits per heavy atom. The number of hydrogen-bond acceptors (Lipinski definition) is 2. The van der Waals surface area contributed by atoms with Gasteiger partial charge in [-0.05, 0) is 30.0 Å². The van der Waals surface area contributed by atoms with E-state index in [0.717, 1.165) is 12.5 Å². The summed E-state index contributed by atoms with van der Waals surface area (Å²) in [5, 5.41) is 13.0. The summed E-state index contributed by atoms with van der Waals surface area (Å²) < 4.78 is 25.7. The van der Waals surface area contributed by atoms with Crippen LogP contribution in [0.3, 0.4) is 0 Å². The van der Waals surface area contributed by atoms with Crippen molar-refractivity contribution in [2.45, 2.75) is 44.8 Å². The zero-order valence-corrected chi connectivity index (χ0v) is 11.0. The average Bonchev–Trinajstić information content (AvgIpc) is 2.86. The molecule has 0 saturated heterocycles. The molecule has 106 valence electrons. The third kappa shape index (κ3) is 4.55. The largest absolute Gasteiger partial charge is 0.392 e. The highest BCUT2D eigenvalue weighted by Crippen LogP contribution is 2.28. The quantitative estimate of drug-likeness (QED) is 0.832. The molecule has 0 bridgehead atoms. The van der Waals surface area contributed by atoms with E-state index in [1.165, 1.54) is 31.7 Å².